The molecule has 0 aromatic heterocycles. The highest BCUT2D eigenvalue weighted by molar-refractivity contribution is 7.99. The van der Waals surface area contributed by atoms with E-state index in [1.165, 1.54) is 82.3 Å². The highest BCUT2D eigenvalue weighted by Crippen LogP contribution is 2.76. The van der Waals surface area contributed by atoms with Crippen molar-refractivity contribution in [1.29, 1.82) is 0 Å². The van der Waals surface area contributed by atoms with Crippen molar-refractivity contribution in [2.24, 2.45) is 50.2 Å². The third-order valence-electron chi connectivity index (χ3n) is 23.3. The molecule has 7 heteroatoms. The molecule has 492 valence electrons. The molecular weight excluding hydrogens is 1100 g/mol. The predicted molar refractivity (Wildman–Crippen MR) is 379 cm³/mol. The van der Waals surface area contributed by atoms with E-state index >= 15 is 0 Å². The molecule has 88 heavy (non-hydrogen) atoms. The Balaban J connectivity index is 0.948. The maximum atomic E-state index is 14.2. The molecule has 6 nitrogen and oxygen atoms in total. The van der Waals surface area contributed by atoms with Crippen molar-refractivity contribution < 1.29 is 24.2 Å². The smallest absolute Gasteiger partial charge is 0.331 e. The first-order valence-electron chi connectivity index (χ1n) is 35.0. The van der Waals surface area contributed by atoms with Gasteiger partial charge in [0.25, 0.3) is 0 Å². The lowest BCUT2D eigenvalue weighted by Gasteiger charge is -2.71. The Hall–Kier alpha value is -4.10. The predicted octanol–water partition coefficient (Wildman–Crippen LogP) is 23.0. The second-order valence-electron chi connectivity index (χ2n) is 31.0. The highest BCUT2D eigenvalue weighted by Gasteiger charge is 2.68. The number of carbonyl (C=O) groups is 3. The molecule has 1 amide bonds. The third kappa shape index (κ3) is 21.2. The van der Waals surface area contributed by atoms with Gasteiger partial charge in [-0.1, -0.05) is 165 Å². The zero-order valence-corrected chi connectivity index (χ0v) is 60.0. The summed E-state index contributed by atoms with van der Waals surface area (Å²) in [7, 11) is 0. The Bertz CT molecular complexity index is 2710. The first kappa shape index (κ1) is 74.6. The van der Waals surface area contributed by atoms with E-state index in [-0.39, 0.29) is 44.5 Å². The van der Waals surface area contributed by atoms with Gasteiger partial charge in [-0.2, -0.15) is 11.8 Å². The van der Waals surface area contributed by atoms with E-state index in [4.69, 9.17) is 9.84 Å². The van der Waals surface area contributed by atoms with Crippen LogP contribution in [-0.4, -0.2) is 47.1 Å². The molecule has 0 radical (unpaired) electrons. The summed E-state index contributed by atoms with van der Waals surface area (Å²) in [5, 5.41) is 12.5. The van der Waals surface area contributed by atoms with Crippen LogP contribution in [0.25, 0.3) is 0 Å². The van der Waals surface area contributed by atoms with Crippen molar-refractivity contribution in [3.05, 3.63) is 129 Å². The summed E-state index contributed by atoms with van der Waals surface area (Å²) in [6, 6.07) is 0. The maximum Gasteiger partial charge on any atom is 0.331 e. The largest absolute Gasteiger partial charge is 0.478 e. The molecule has 2 unspecified atom stereocenters. The standard InChI is InChI=1S/C81H127NO5S/c1-59(2)26-18-27-60(3)28-19-29-61(4)30-20-31-62(5)32-21-33-63(6)34-22-35-64(7)36-23-37-65(8)38-24-39-66(9)40-25-41-67(10)48-56-88-57-55-82-75(86)78(14)52-51-77(13)53-54-80(16)68(69(77)58-78)42-43-71-79(15)49-47-72(87-74(85)45-44-73(83)84)76(11,12)70(79)46-50-81(71,80)17/h26,28,30,32,34,36,38,40,42,44-45,48,69-72H,18-25,27,29,31,33,35,37,39,41,43,46-47,49-58H2,1-17H3,(H,82,86)(H,83,84)/b45-44+,60-28+,61-30+,62-32+,63-34+,64-36+,65-38+,66-40+,67-48+/t69-,70?,71?,72+,77-,78-,79+,80-,81-/m1/s1. The molecule has 5 rings (SSSR count). The van der Waals surface area contributed by atoms with E-state index in [9.17, 15) is 14.4 Å². The minimum Gasteiger partial charge on any atom is -0.478 e. The van der Waals surface area contributed by atoms with Gasteiger partial charge in [0.15, 0.2) is 0 Å². The molecule has 0 aliphatic heterocycles. The summed E-state index contributed by atoms with van der Waals surface area (Å²) >= 11 is 1.92. The van der Waals surface area contributed by atoms with Crippen molar-refractivity contribution in [2.75, 3.05) is 18.1 Å². The molecule has 5 aliphatic carbocycles. The molecule has 0 aromatic carbocycles. The summed E-state index contributed by atoms with van der Waals surface area (Å²) in [5.74, 6) is 1.76. The molecule has 0 spiro atoms. The third-order valence-corrected chi connectivity index (χ3v) is 24.2. The monoisotopic (exact) mass is 1230 g/mol. The summed E-state index contributed by atoms with van der Waals surface area (Å²) in [5.41, 5.74) is 15.0. The minimum absolute atomic E-state index is 0.0713. The lowest BCUT2D eigenvalue weighted by atomic mass is 9.33. The second kappa shape index (κ2) is 34.5. The average Bonchev–Trinajstić information content (AvgIpc) is 0.693. The fourth-order valence-corrected chi connectivity index (χ4v) is 17.8. The first-order valence-corrected chi connectivity index (χ1v) is 36.2. The van der Waals surface area contributed by atoms with Crippen LogP contribution >= 0.6 is 11.8 Å². The van der Waals surface area contributed by atoms with Crippen LogP contribution in [0.4, 0.5) is 0 Å². The molecule has 0 saturated heterocycles. The Morgan fingerprint density at radius 3 is 1.44 bits per heavy atom. The van der Waals surface area contributed by atoms with E-state index in [0.29, 0.717) is 24.3 Å². The number of fused-ring (bicyclic) bond motifs is 7. The second-order valence-corrected chi connectivity index (χ2v) is 32.2. The van der Waals surface area contributed by atoms with Gasteiger partial charge in [0.05, 0.1) is 0 Å². The number of hydrogen-bond donors (Lipinski definition) is 2. The number of esters is 1. The number of carboxylic acids is 1. The van der Waals surface area contributed by atoms with Crippen LogP contribution in [-0.2, 0) is 19.1 Å². The summed E-state index contributed by atoms with van der Waals surface area (Å²) in [6.45, 7) is 40.5. The summed E-state index contributed by atoms with van der Waals surface area (Å²) in [4.78, 5) is 38.1. The highest BCUT2D eigenvalue weighted by atomic mass is 32.2. The number of allylic oxidation sites excluding steroid dienone is 19. The molecule has 0 heterocycles. The van der Waals surface area contributed by atoms with Crippen LogP contribution in [0.2, 0.25) is 0 Å². The number of ether oxygens (including phenoxy) is 1. The number of carbonyl (C=O) groups excluding carboxylic acids is 2. The van der Waals surface area contributed by atoms with E-state index in [0.717, 1.165) is 158 Å². The Morgan fingerprint density at radius 1 is 0.545 bits per heavy atom. The molecule has 2 N–H and O–H groups in total. The van der Waals surface area contributed by atoms with Crippen LogP contribution < -0.4 is 5.32 Å². The maximum absolute atomic E-state index is 14.2. The van der Waals surface area contributed by atoms with E-state index in [2.05, 4.69) is 184 Å². The lowest BCUT2D eigenvalue weighted by molar-refractivity contribution is -0.211. The van der Waals surface area contributed by atoms with Gasteiger partial charge in [-0.15, -0.1) is 0 Å². The van der Waals surface area contributed by atoms with Gasteiger partial charge < -0.3 is 15.2 Å². The van der Waals surface area contributed by atoms with Gasteiger partial charge in [0, 0.05) is 41.0 Å². The molecule has 4 saturated carbocycles. The van der Waals surface area contributed by atoms with Gasteiger partial charge in [-0.05, 0) is 276 Å². The van der Waals surface area contributed by atoms with Gasteiger partial charge in [-0.3, -0.25) is 4.79 Å². The molecule has 9 atom stereocenters. The van der Waals surface area contributed by atoms with Crippen molar-refractivity contribution >= 4 is 29.6 Å². The van der Waals surface area contributed by atoms with Crippen molar-refractivity contribution in [1.82, 2.24) is 5.32 Å². The number of amides is 1. The normalized spacial score (nSPS) is 29.8. The summed E-state index contributed by atoms with van der Waals surface area (Å²) in [6.07, 6.45) is 55.0. The summed E-state index contributed by atoms with van der Waals surface area (Å²) < 4.78 is 6.00. The van der Waals surface area contributed by atoms with Gasteiger partial charge in [-0.25, -0.2) is 9.59 Å². The van der Waals surface area contributed by atoms with Crippen molar-refractivity contribution in [3.8, 4) is 0 Å². The fourth-order valence-electron chi connectivity index (χ4n) is 17.0. The number of rotatable bonds is 33. The quantitative estimate of drug-likeness (QED) is 0.0294. The molecule has 0 bridgehead atoms. The molecular formula is C81H127NO5S. The van der Waals surface area contributed by atoms with Crippen LogP contribution in [0.1, 0.15) is 285 Å². The number of hydrogen-bond acceptors (Lipinski definition) is 5. The average molecular weight is 1230 g/mol. The van der Waals surface area contributed by atoms with E-state index in [1.54, 1.807) is 5.57 Å². The number of aliphatic carboxylic acids is 1. The zero-order valence-electron chi connectivity index (χ0n) is 59.2. The van der Waals surface area contributed by atoms with Gasteiger partial charge in [0.2, 0.25) is 5.91 Å². The molecule has 4 fully saturated rings. The zero-order chi connectivity index (χ0) is 64.9. The van der Waals surface area contributed by atoms with Crippen LogP contribution in [0.15, 0.2) is 129 Å². The number of carboxylic acid groups (broad SMARTS) is 1. The minimum atomic E-state index is -1.14. The van der Waals surface area contributed by atoms with Gasteiger partial charge >= 0.3 is 11.9 Å². The Morgan fingerprint density at radius 2 is 0.989 bits per heavy atom. The van der Waals surface area contributed by atoms with E-state index in [1.807, 2.05) is 11.8 Å². The van der Waals surface area contributed by atoms with Crippen LogP contribution in [0.5, 0.6) is 0 Å². The molecule has 5 aliphatic rings. The number of thioether (sulfide) groups is 1. The fraction of sp³-hybridized carbons (Fsp3) is 0.691. The lowest BCUT2D eigenvalue weighted by Crippen LogP contribution is -2.64. The van der Waals surface area contributed by atoms with Crippen molar-refractivity contribution in [3.63, 3.8) is 0 Å². The van der Waals surface area contributed by atoms with Crippen LogP contribution in [0, 0.1) is 50.2 Å². The van der Waals surface area contributed by atoms with Crippen LogP contribution in [0.3, 0.4) is 0 Å². The molecule has 0 aromatic rings. The topological polar surface area (TPSA) is 92.7 Å². The van der Waals surface area contributed by atoms with Crippen molar-refractivity contribution in [2.45, 2.75) is 291 Å². The van der Waals surface area contributed by atoms with Gasteiger partial charge in [0.1, 0.15) is 6.10 Å². The Kier molecular flexibility index (Phi) is 29.3. The Labute approximate surface area is 543 Å². The number of nitrogens with one attached hydrogen (secondary N) is 1. The SMILES string of the molecule is CC(C)=CCC/C(C)=C/CC/C(C)=C/CC/C(C)=C/CC/C(C)=C/CC/C(C)=C/CC/C(C)=C/CC/C(C)=C/CC/C(C)=C/CSCCNC(=O)[C@]1(C)CC[C@]2(C)CC[C@]3(C)C(=CCC4[C@@]5(C)CC[C@H](OC(=O)/C=C/C(=O)O)C(C)(C)C5CC[C@]43C)[C@H]2C1. The first-order chi connectivity index (χ1) is 41.5. The van der Waals surface area contributed by atoms with E-state index < -0.39 is 11.9 Å².